The molecule has 2 rings (SSSR count). The average Bonchev–Trinajstić information content (AvgIpc) is 2.81. The Morgan fingerprint density at radius 1 is 1.32 bits per heavy atom. The van der Waals surface area contributed by atoms with Gasteiger partial charge < -0.3 is 10.1 Å². The van der Waals surface area contributed by atoms with Crippen LogP contribution in [0, 0.1) is 0 Å². The number of hydrogen-bond donors (Lipinski definition) is 1. The maximum absolute atomic E-state index is 5.54. The van der Waals surface area contributed by atoms with Gasteiger partial charge in [0.1, 0.15) is 10.8 Å². The molecule has 19 heavy (non-hydrogen) atoms. The van der Waals surface area contributed by atoms with Crippen LogP contribution in [0.4, 0.5) is 5.95 Å². The quantitative estimate of drug-likeness (QED) is 0.873. The monoisotopic (exact) mass is 279 g/mol. The number of nitrogens with one attached hydrogen (secondary N) is 1. The fourth-order valence-corrected chi connectivity index (χ4v) is 2.07. The second kappa shape index (κ2) is 6.42. The molecule has 0 aliphatic rings. The Labute approximate surface area is 116 Å². The predicted octanol–water partition coefficient (Wildman–Crippen LogP) is 2.14. The lowest BCUT2D eigenvalue weighted by Gasteiger charge is -2.10. The van der Waals surface area contributed by atoms with Crippen LogP contribution in [0.5, 0.6) is 6.01 Å². The van der Waals surface area contributed by atoms with Crippen molar-refractivity contribution in [3.8, 4) is 6.01 Å². The van der Waals surface area contributed by atoms with Crippen molar-refractivity contribution >= 4 is 17.3 Å². The van der Waals surface area contributed by atoms with Crippen LogP contribution in [0.3, 0.4) is 0 Å². The average molecular weight is 279 g/mol. The van der Waals surface area contributed by atoms with Crippen LogP contribution in [0.2, 0.25) is 0 Å². The molecule has 0 amide bonds. The zero-order valence-corrected chi connectivity index (χ0v) is 12.1. The molecule has 0 aromatic carbocycles. The van der Waals surface area contributed by atoms with Crippen molar-refractivity contribution in [2.24, 2.45) is 0 Å². The van der Waals surface area contributed by atoms with E-state index >= 15 is 0 Å². The highest BCUT2D eigenvalue weighted by atomic mass is 32.1. The Hall–Kier alpha value is -1.76. The number of nitrogens with zero attached hydrogens (tertiary/aromatic N) is 4. The summed E-state index contributed by atoms with van der Waals surface area (Å²) < 4.78 is 5.54. The number of aromatic nitrogens is 4. The molecule has 6 nitrogen and oxygen atoms in total. The minimum atomic E-state index is 0.0320. The molecule has 2 aromatic rings. The van der Waals surface area contributed by atoms with Gasteiger partial charge in [0.2, 0.25) is 5.95 Å². The molecular weight excluding hydrogens is 262 g/mol. The Balaban J connectivity index is 2.22. The Bertz CT molecular complexity index is 515. The lowest BCUT2D eigenvalue weighted by atomic mass is 10.4. The fraction of sp³-hybridized carbons (Fsp3) is 0.500. The fourth-order valence-electron chi connectivity index (χ4n) is 1.45. The summed E-state index contributed by atoms with van der Waals surface area (Å²) in [7, 11) is 0. The smallest absolute Gasteiger partial charge is 0.321 e. The normalized spacial score (nSPS) is 10.7. The van der Waals surface area contributed by atoms with Gasteiger partial charge >= 0.3 is 6.01 Å². The topological polar surface area (TPSA) is 72.8 Å². The molecule has 2 aromatic heterocycles. The number of thiazole rings is 1. The van der Waals surface area contributed by atoms with Crippen molar-refractivity contribution in [3.63, 3.8) is 0 Å². The number of rotatable bonds is 6. The van der Waals surface area contributed by atoms with Crippen LogP contribution < -0.4 is 10.1 Å². The molecule has 0 spiro atoms. The van der Waals surface area contributed by atoms with Gasteiger partial charge in [0, 0.05) is 18.1 Å². The second-order valence-electron chi connectivity index (χ2n) is 4.16. The molecule has 2 heterocycles. The summed E-state index contributed by atoms with van der Waals surface area (Å²) in [6, 6.07) is 0.354. The Morgan fingerprint density at radius 2 is 2.16 bits per heavy atom. The summed E-state index contributed by atoms with van der Waals surface area (Å²) in [5.74, 6) is 1.20. The van der Waals surface area contributed by atoms with E-state index in [-0.39, 0.29) is 6.10 Å². The SMILES string of the molecule is CCNc1nc(Cc2nccs2)nc(OC(C)C)n1. The van der Waals surface area contributed by atoms with E-state index in [4.69, 9.17) is 4.74 Å². The lowest BCUT2D eigenvalue weighted by Crippen LogP contribution is -2.13. The van der Waals surface area contributed by atoms with E-state index in [1.54, 1.807) is 17.5 Å². The number of anilines is 1. The van der Waals surface area contributed by atoms with Gasteiger partial charge in [-0.3, -0.25) is 0 Å². The molecule has 0 unspecified atom stereocenters. The van der Waals surface area contributed by atoms with Gasteiger partial charge in [0.25, 0.3) is 0 Å². The van der Waals surface area contributed by atoms with E-state index in [9.17, 15) is 0 Å². The van der Waals surface area contributed by atoms with E-state index in [0.29, 0.717) is 24.2 Å². The molecule has 0 bridgehead atoms. The minimum absolute atomic E-state index is 0.0320. The molecule has 0 aliphatic heterocycles. The summed E-state index contributed by atoms with van der Waals surface area (Å²) in [4.78, 5) is 17.1. The zero-order chi connectivity index (χ0) is 13.7. The van der Waals surface area contributed by atoms with Gasteiger partial charge in [-0.05, 0) is 20.8 Å². The van der Waals surface area contributed by atoms with E-state index < -0.39 is 0 Å². The summed E-state index contributed by atoms with van der Waals surface area (Å²) in [6.45, 7) is 6.63. The summed E-state index contributed by atoms with van der Waals surface area (Å²) in [5.41, 5.74) is 0. The summed E-state index contributed by atoms with van der Waals surface area (Å²) in [5, 5.41) is 6.00. The molecule has 1 N–H and O–H groups in total. The largest absolute Gasteiger partial charge is 0.461 e. The van der Waals surface area contributed by atoms with Crippen LogP contribution >= 0.6 is 11.3 Å². The first-order valence-electron chi connectivity index (χ1n) is 6.21. The highest BCUT2D eigenvalue weighted by Gasteiger charge is 2.10. The molecule has 0 atom stereocenters. The maximum atomic E-state index is 5.54. The molecule has 0 fully saturated rings. The first-order valence-corrected chi connectivity index (χ1v) is 7.09. The molecule has 0 saturated heterocycles. The van der Waals surface area contributed by atoms with Crippen LogP contribution in [0.15, 0.2) is 11.6 Å². The van der Waals surface area contributed by atoms with Gasteiger partial charge in [-0.25, -0.2) is 4.98 Å². The van der Waals surface area contributed by atoms with Crippen LogP contribution in [-0.2, 0) is 6.42 Å². The molecular formula is C12H17N5OS. The van der Waals surface area contributed by atoms with E-state index in [2.05, 4.69) is 25.3 Å². The third kappa shape index (κ3) is 4.13. The van der Waals surface area contributed by atoms with E-state index in [0.717, 1.165) is 11.6 Å². The van der Waals surface area contributed by atoms with Crippen LogP contribution in [0.1, 0.15) is 31.6 Å². The molecule has 0 radical (unpaired) electrons. The zero-order valence-electron chi connectivity index (χ0n) is 11.3. The number of ether oxygens (including phenoxy) is 1. The Kier molecular flexibility index (Phi) is 4.62. The lowest BCUT2D eigenvalue weighted by molar-refractivity contribution is 0.221. The summed E-state index contributed by atoms with van der Waals surface area (Å²) >= 11 is 1.58. The van der Waals surface area contributed by atoms with E-state index in [1.165, 1.54) is 0 Å². The van der Waals surface area contributed by atoms with Gasteiger partial charge in [0.05, 0.1) is 12.5 Å². The number of hydrogen-bond acceptors (Lipinski definition) is 7. The van der Waals surface area contributed by atoms with Crippen molar-refractivity contribution in [1.82, 2.24) is 19.9 Å². The van der Waals surface area contributed by atoms with Crippen LogP contribution in [0.25, 0.3) is 0 Å². The molecule has 0 aliphatic carbocycles. The minimum Gasteiger partial charge on any atom is -0.461 e. The van der Waals surface area contributed by atoms with Gasteiger partial charge in [-0.15, -0.1) is 11.3 Å². The highest BCUT2D eigenvalue weighted by Crippen LogP contribution is 2.14. The molecule has 7 heteroatoms. The first kappa shape index (κ1) is 13.7. The van der Waals surface area contributed by atoms with E-state index in [1.807, 2.05) is 26.2 Å². The van der Waals surface area contributed by atoms with Crippen LogP contribution in [-0.4, -0.2) is 32.6 Å². The van der Waals surface area contributed by atoms with Gasteiger partial charge in [-0.1, -0.05) is 0 Å². The van der Waals surface area contributed by atoms with Gasteiger partial charge in [0.15, 0.2) is 0 Å². The second-order valence-corrected chi connectivity index (χ2v) is 5.14. The van der Waals surface area contributed by atoms with Crippen molar-refractivity contribution in [2.45, 2.75) is 33.3 Å². The molecule has 0 saturated carbocycles. The van der Waals surface area contributed by atoms with Crippen molar-refractivity contribution in [2.75, 3.05) is 11.9 Å². The Morgan fingerprint density at radius 3 is 2.79 bits per heavy atom. The van der Waals surface area contributed by atoms with Crippen molar-refractivity contribution in [1.29, 1.82) is 0 Å². The maximum Gasteiger partial charge on any atom is 0.321 e. The third-order valence-electron chi connectivity index (χ3n) is 2.13. The van der Waals surface area contributed by atoms with Crippen molar-refractivity contribution in [3.05, 3.63) is 22.4 Å². The summed E-state index contributed by atoms with van der Waals surface area (Å²) in [6.07, 6.45) is 2.40. The standard InChI is InChI=1S/C12H17N5OS/c1-4-13-11-15-9(7-10-14-5-6-19-10)16-12(17-11)18-8(2)3/h5-6,8H,4,7H2,1-3H3,(H,13,15,16,17). The third-order valence-corrected chi connectivity index (χ3v) is 2.91. The first-order chi connectivity index (χ1) is 9.17. The highest BCUT2D eigenvalue weighted by molar-refractivity contribution is 7.09. The van der Waals surface area contributed by atoms with Crippen molar-refractivity contribution < 1.29 is 4.74 Å². The van der Waals surface area contributed by atoms with Gasteiger partial charge in [-0.2, -0.15) is 15.0 Å². The molecule has 102 valence electrons. The predicted molar refractivity (Wildman–Crippen MR) is 74.7 cm³/mol.